The Balaban J connectivity index is 1.66. The maximum atomic E-state index is 13.2. The summed E-state index contributed by atoms with van der Waals surface area (Å²) in [5.41, 5.74) is 1.53. The van der Waals surface area contributed by atoms with Gasteiger partial charge in [0, 0.05) is 18.3 Å². The molecule has 1 aliphatic heterocycles. The summed E-state index contributed by atoms with van der Waals surface area (Å²) >= 11 is 1.40. The highest BCUT2D eigenvalue weighted by Gasteiger charge is 2.28. The molecule has 6 nitrogen and oxygen atoms in total. The van der Waals surface area contributed by atoms with E-state index in [1.807, 2.05) is 13.8 Å². The molecule has 3 heterocycles. The van der Waals surface area contributed by atoms with Crippen LogP contribution in [0.1, 0.15) is 31.2 Å². The van der Waals surface area contributed by atoms with E-state index >= 15 is 0 Å². The first-order valence-electron chi connectivity index (χ1n) is 8.59. The van der Waals surface area contributed by atoms with Crippen LogP contribution in [0.5, 0.6) is 0 Å². The van der Waals surface area contributed by atoms with Crippen LogP contribution in [-0.4, -0.2) is 33.8 Å². The fourth-order valence-corrected chi connectivity index (χ4v) is 4.07. The van der Waals surface area contributed by atoms with Gasteiger partial charge in [-0.15, -0.1) is 5.10 Å². The van der Waals surface area contributed by atoms with Crippen LogP contribution in [0.4, 0.5) is 9.52 Å². The van der Waals surface area contributed by atoms with Crippen LogP contribution in [0.25, 0.3) is 4.96 Å². The van der Waals surface area contributed by atoms with E-state index in [0.29, 0.717) is 24.5 Å². The monoisotopic (exact) mass is 374 g/mol. The van der Waals surface area contributed by atoms with Crippen molar-refractivity contribution in [2.45, 2.75) is 32.5 Å². The summed E-state index contributed by atoms with van der Waals surface area (Å²) in [4.78, 5) is 19.4. The van der Waals surface area contributed by atoms with Gasteiger partial charge in [0.05, 0.1) is 12.6 Å². The summed E-state index contributed by atoms with van der Waals surface area (Å²) in [6, 6.07) is 7.90. The molecule has 0 amide bonds. The zero-order chi connectivity index (χ0) is 18.3. The highest BCUT2D eigenvalue weighted by molar-refractivity contribution is 7.20. The van der Waals surface area contributed by atoms with E-state index in [1.165, 1.54) is 34.1 Å². The van der Waals surface area contributed by atoms with Crippen molar-refractivity contribution in [3.63, 3.8) is 0 Å². The number of rotatable bonds is 3. The average molecular weight is 374 g/mol. The third-order valence-electron chi connectivity index (χ3n) is 4.42. The summed E-state index contributed by atoms with van der Waals surface area (Å²) in [5, 5.41) is 5.20. The molecule has 26 heavy (non-hydrogen) atoms. The Labute approximate surface area is 153 Å². The molecule has 4 rings (SSSR count). The van der Waals surface area contributed by atoms with Gasteiger partial charge in [-0.25, -0.2) is 9.37 Å². The van der Waals surface area contributed by atoms with Gasteiger partial charge < -0.3 is 9.64 Å². The fraction of sp³-hybridized carbons (Fsp3) is 0.389. The molecular formula is C18H19FN4O2S. The molecule has 1 fully saturated rings. The standard InChI is InChI=1S/C18H19FN4O2S/c1-3-14-8-16(24)23-17(20-14)26-18(21-23)22-9-11(2)25-15(10-22)12-4-6-13(19)7-5-12/h4-8,11,15H,3,9-10H2,1-2H3. The van der Waals surface area contributed by atoms with Gasteiger partial charge in [-0.3, -0.25) is 4.79 Å². The van der Waals surface area contributed by atoms with Crippen molar-refractivity contribution in [3.05, 3.63) is 57.8 Å². The molecule has 8 heteroatoms. The number of ether oxygens (including phenoxy) is 1. The molecule has 0 spiro atoms. The molecule has 2 aromatic heterocycles. The Hall–Kier alpha value is -2.32. The van der Waals surface area contributed by atoms with Gasteiger partial charge >= 0.3 is 0 Å². The van der Waals surface area contributed by atoms with Crippen LogP contribution in [0.2, 0.25) is 0 Å². The summed E-state index contributed by atoms with van der Waals surface area (Å²) in [7, 11) is 0. The van der Waals surface area contributed by atoms with Crippen molar-refractivity contribution in [1.82, 2.24) is 14.6 Å². The lowest BCUT2D eigenvalue weighted by Crippen LogP contribution is -2.43. The van der Waals surface area contributed by atoms with Gasteiger partial charge in [0.2, 0.25) is 10.1 Å². The number of hydrogen-bond acceptors (Lipinski definition) is 6. The van der Waals surface area contributed by atoms with Crippen LogP contribution in [0.3, 0.4) is 0 Å². The number of benzene rings is 1. The van der Waals surface area contributed by atoms with Gasteiger partial charge in [0.15, 0.2) is 0 Å². The second-order valence-electron chi connectivity index (χ2n) is 6.41. The highest BCUT2D eigenvalue weighted by atomic mass is 32.1. The van der Waals surface area contributed by atoms with Crippen molar-refractivity contribution in [2.75, 3.05) is 18.0 Å². The summed E-state index contributed by atoms with van der Waals surface area (Å²) < 4.78 is 20.6. The van der Waals surface area contributed by atoms with Crippen molar-refractivity contribution >= 4 is 21.4 Å². The zero-order valence-corrected chi connectivity index (χ0v) is 15.4. The van der Waals surface area contributed by atoms with Crippen molar-refractivity contribution < 1.29 is 9.13 Å². The smallest absolute Gasteiger partial charge is 0.275 e. The first kappa shape index (κ1) is 17.1. The summed E-state index contributed by atoms with van der Waals surface area (Å²) in [5.74, 6) is -0.266. The molecule has 0 bridgehead atoms. The Bertz CT molecular complexity index is 985. The Morgan fingerprint density at radius 1 is 1.31 bits per heavy atom. The van der Waals surface area contributed by atoms with Gasteiger partial charge in [-0.1, -0.05) is 30.4 Å². The van der Waals surface area contributed by atoms with Crippen LogP contribution in [0, 0.1) is 5.82 Å². The van der Waals surface area contributed by atoms with Crippen molar-refractivity contribution in [1.29, 1.82) is 0 Å². The van der Waals surface area contributed by atoms with Gasteiger partial charge in [-0.05, 0) is 31.0 Å². The van der Waals surface area contributed by atoms with Crippen LogP contribution in [0.15, 0.2) is 35.1 Å². The largest absolute Gasteiger partial charge is 0.367 e. The quantitative estimate of drug-likeness (QED) is 0.706. The minimum atomic E-state index is -0.266. The molecule has 2 atom stereocenters. The first-order valence-corrected chi connectivity index (χ1v) is 9.41. The topological polar surface area (TPSA) is 59.7 Å². The summed E-state index contributed by atoms with van der Waals surface area (Å²) in [6.45, 7) is 5.23. The maximum Gasteiger partial charge on any atom is 0.275 e. The Morgan fingerprint density at radius 3 is 2.81 bits per heavy atom. The van der Waals surface area contributed by atoms with Crippen molar-refractivity contribution in [3.8, 4) is 0 Å². The molecule has 2 unspecified atom stereocenters. The second kappa shape index (κ2) is 6.77. The van der Waals surface area contributed by atoms with E-state index in [0.717, 1.165) is 16.4 Å². The number of aromatic nitrogens is 3. The lowest BCUT2D eigenvalue weighted by molar-refractivity contribution is -0.0174. The average Bonchev–Trinajstić information content (AvgIpc) is 3.06. The molecule has 1 aliphatic rings. The number of fused-ring (bicyclic) bond motifs is 1. The van der Waals surface area contributed by atoms with E-state index in [-0.39, 0.29) is 23.6 Å². The minimum absolute atomic E-state index is 0.0123. The highest BCUT2D eigenvalue weighted by Crippen LogP contribution is 2.30. The number of halogens is 1. The van der Waals surface area contributed by atoms with Gasteiger partial charge in [0.1, 0.15) is 11.9 Å². The molecule has 136 valence electrons. The lowest BCUT2D eigenvalue weighted by Gasteiger charge is -2.36. The van der Waals surface area contributed by atoms with Crippen LogP contribution in [-0.2, 0) is 11.2 Å². The number of hydrogen-bond donors (Lipinski definition) is 0. The molecule has 1 saturated heterocycles. The predicted molar refractivity (Wildman–Crippen MR) is 98.4 cm³/mol. The molecule has 1 aromatic carbocycles. The molecule has 0 saturated carbocycles. The number of morpholine rings is 1. The van der Waals surface area contributed by atoms with Gasteiger partial charge in [0.25, 0.3) is 5.56 Å². The maximum absolute atomic E-state index is 13.2. The molecule has 3 aromatic rings. The third-order valence-corrected chi connectivity index (χ3v) is 5.39. The van der Waals surface area contributed by atoms with E-state index < -0.39 is 0 Å². The third kappa shape index (κ3) is 3.22. The first-order chi connectivity index (χ1) is 12.5. The fourth-order valence-electron chi connectivity index (χ4n) is 3.12. The van der Waals surface area contributed by atoms with E-state index in [1.54, 1.807) is 12.1 Å². The number of nitrogens with zero attached hydrogens (tertiary/aromatic N) is 4. The molecule has 0 radical (unpaired) electrons. The number of anilines is 1. The van der Waals surface area contributed by atoms with E-state index in [2.05, 4.69) is 15.0 Å². The molecular weight excluding hydrogens is 355 g/mol. The van der Waals surface area contributed by atoms with Gasteiger partial charge in [-0.2, -0.15) is 4.52 Å². The van der Waals surface area contributed by atoms with Crippen molar-refractivity contribution in [2.24, 2.45) is 0 Å². The Morgan fingerprint density at radius 2 is 2.08 bits per heavy atom. The molecule has 0 N–H and O–H groups in total. The van der Waals surface area contributed by atoms with E-state index in [4.69, 9.17) is 4.74 Å². The predicted octanol–water partition coefficient (Wildman–Crippen LogP) is 2.82. The summed E-state index contributed by atoms with van der Waals surface area (Å²) in [6.07, 6.45) is 0.518. The van der Waals surface area contributed by atoms with Crippen LogP contribution >= 0.6 is 11.3 Å². The zero-order valence-electron chi connectivity index (χ0n) is 14.6. The normalized spacial score (nSPS) is 20.7. The minimum Gasteiger partial charge on any atom is -0.367 e. The number of aryl methyl sites for hydroxylation is 1. The van der Waals surface area contributed by atoms with Crippen LogP contribution < -0.4 is 10.5 Å². The lowest BCUT2D eigenvalue weighted by atomic mass is 10.1. The second-order valence-corrected chi connectivity index (χ2v) is 7.34. The molecule has 0 aliphatic carbocycles. The van der Waals surface area contributed by atoms with E-state index in [9.17, 15) is 9.18 Å². The Kier molecular flexibility index (Phi) is 4.46. The SMILES string of the molecule is CCc1cc(=O)n2nc(N3CC(C)OC(c4ccc(F)cc4)C3)sc2n1.